The second kappa shape index (κ2) is 5.56. The van der Waals surface area contributed by atoms with E-state index < -0.39 is 0 Å². The number of hydrogen-bond acceptors (Lipinski definition) is 2. The van der Waals surface area contributed by atoms with Gasteiger partial charge in [0.05, 0.1) is 11.3 Å². The summed E-state index contributed by atoms with van der Waals surface area (Å²) in [5.41, 5.74) is 1.62. The van der Waals surface area contributed by atoms with Gasteiger partial charge in [-0.2, -0.15) is 0 Å². The number of hydrogen-bond donors (Lipinski definition) is 2. The maximum atomic E-state index is 13.0. The van der Waals surface area contributed by atoms with E-state index in [0.717, 1.165) is 5.56 Å². The minimum atomic E-state index is -0.389. The standard InChI is InChI=1S/C14H11FINO2/c1-8-2-5-13(18)12(6-8)17-14(19)10-4-3-9(15)7-11(10)16/h2-7,18H,1H3,(H,17,19). The molecule has 19 heavy (non-hydrogen) atoms. The summed E-state index contributed by atoms with van der Waals surface area (Å²) in [6.45, 7) is 1.86. The Kier molecular flexibility index (Phi) is 4.04. The van der Waals surface area contributed by atoms with E-state index in [1.54, 1.807) is 12.1 Å². The zero-order valence-corrected chi connectivity index (χ0v) is 12.2. The lowest BCUT2D eigenvalue weighted by Crippen LogP contribution is -2.13. The van der Waals surface area contributed by atoms with E-state index >= 15 is 0 Å². The van der Waals surface area contributed by atoms with Gasteiger partial charge in [0.1, 0.15) is 11.6 Å². The average molecular weight is 371 g/mol. The number of halogens is 2. The number of phenols is 1. The van der Waals surface area contributed by atoms with Crippen molar-refractivity contribution in [1.29, 1.82) is 0 Å². The highest BCUT2D eigenvalue weighted by Crippen LogP contribution is 2.25. The lowest BCUT2D eigenvalue weighted by Gasteiger charge is -2.09. The molecule has 98 valence electrons. The number of amides is 1. The van der Waals surface area contributed by atoms with E-state index in [2.05, 4.69) is 5.32 Å². The van der Waals surface area contributed by atoms with Gasteiger partial charge in [0, 0.05) is 3.57 Å². The number of benzene rings is 2. The van der Waals surface area contributed by atoms with Crippen LogP contribution in [0.4, 0.5) is 10.1 Å². The molecular formula is C14H11FINO2. The SMILES string of the molecule is Cc1ccc(O)c(NC(=O)c2ccc(F)cc2I)c1. The van der Waals surface area contributed by atoms with E-state index in [9.17, 15) is 14.3 Å². The van der Waals surface area contributed by atoms with Gasteiger partial charge in [-0.3, -0.25) is 4.79 Å². The van der Waals surface area contributed by atoms with Crippen LogP contribution >= 0.6 is 22.6 Å². The number of rotatable bonds is 2. The van der Waals surface area contributed by atoms with Crippen molar-refractivity contribution in [3.8, 4) is 5.75 Å². The van der Waals surface area contributed by atoms with Gasteiger partial charge < -0.3 is 10.4 Å². The second-order valence-corrected chi connectivity index (χ2v) is 5.26. The Balaban J connectivity index is 2.28. The van der Waals surface area contributed by atoms with Crippen LogP contribution in [-0.2, 0) is 0 Å². The molecule has 3 nitrogen and oxygen atoms in total. The molecule has 2 N–H and O–H groups in total. The molecule has 0 aliphatic heterocycles. The Labute approximate surface area is 123 Å². The van der Waals surface area contributed by atoms with Crippen molar-refractivity contribution in [3.05, 3.63) is 56.9 Å². The molecule has 2 aromatic rings. The predicted octanol–water partition coefficient (Wildman–Crippen LogP) is 3.70. The van der Waals surface area contributed by atoms with E-state index in [4.69, 9.17) is 0 Å². The van der Waals surface area contributed by atoms with Gasteiger partial charge in [0.15, 0.2) is 0 Å². The minimum absolute atomic E-state index is 0.00364. The average Bonchev–Trinajstić information content (AvgIpc) is 2.33. The van der Waals surface area contributed by atoms with Gasteiger partial charge in [-0.15, -0.1) is 0 Å². The molecule has 0 saturated heterocycles. The smallest absolute Gasteiger partial charge is 0.256 e. The Morgan fingerprint density at radius 2 is 2.00 bits per heavy atom. The highest BCUT2D eigenvalue weighted by molar-refractivity contribution is 14.1. The van der Waals surface area contributed by atoms with Gasteiger partial charge >= 0.3 is 0 Å². The van der Waals surface area contributed by atoms with Gasteiger partial charge in [-0.25, -0.2) is 4.39 Å². The molecule has 0 heterocycles. The van der Waals surface area contributed by atoms with Crippen LogP contribution in [-0.4, -0.2) is 11.0 Å². The molecule has 0 aliphatic rings. The Hall–Kier alpha value is -1.63. The first-order valence-corrected chi connectivity index (χ1v) is 6.61. The molecule has 0 aromatic heterocycles. The molecule has 2 rings (SSSR count). The van der Waals surface area contributed by atoms with Crippen molar-refractivity contribution in [2.24, 2.45) is 0 Å². The molecule has 5 heteroatoms. The Bertz CT molecular complexity index is 643. The van der Waals surface area contributed by atoms with Crippen LogP contribution in [0.15, 0.2) is 36.4 Å². The lowest BCUT2D eigenvalue weighted by molar-refractivity contribution is 0.102. The molecule has 0 saturated carbocycles. The molecular weight excluding hydrogens is 360 g/mol. The van der Waals surface area contributed by atoms with Crippen LogP contribution in [0.2, 0.25) is 0 Å². The minimum Gasteiger partial charge on any atom is -0.506 e. The monoisotopic (exact) mass is 371 g/mol. The van der Waals surface area contributed by atoms with Gasteiger partial charge in [0.2, 0.25) is 0 Å². The van der Waals surface area contributed by atoms with Gasteiger partial charge in [-0.1, -0.05) is 6.07 Å². The van der Waals surface area contributed by atoms with Crippen LogP contribution < -0.4 is 5.32 Å². The number of anilines is 1. The maximum absolute atomic E-state index is 13.0. The number of aromatic hydroxyl groups is 1. The number of aryl methyl sites for hydroxylation is 1. The van der Waals surface area contributed by atoms with E-state index in [0.29, 0.717) is 14.8 Å². The largest absolute Gasteiger partial charge is 0.506 e. The van der Waals surface area contributed by atoms with Crippen molar-refractivity contribution in [2.75, 3.05) is 5.32 Å². The Morgan fingerprint density at radius 1 is 1.26 bits per heavy atom. The summed E-state index contributed by atoms with van der Waals surface area (Å²) in [6.07, 6.45) is 0. The third-order valence-electron chi connectivity index (χ3n) is 2.58. The Morgan fingerprint density at radius 3 is 2.68 bits per heavy atom. The van der Waals surface area contributed by atoms with Crippen LogP contribution in [0.3, 0.4) is 0 Å². The topological polar surface area (TPSA) is 49.3 Å². The molecule has 0 spiro atoms. The van der Waals surface area contributed by atoms with Gasteiger partial charge in [0.25, 0.3) is 5.91 Å². The van der Waals surface area contributed by atoms with Crippen LogP contribution in [0.5, 0.6) is 5.75 Å². The second-order valence-electron chi connectivity index (χ2n) is 4.10. The molecule has 1 amide bonds. The first kappa shape index (κ1) is 13.8. The highest BCUT2D eigenvalue weighted by Gasteiger charge is 2.12. The van der Waals surface area contributed by atoms with Crippen molar-refractivity contribution in [2.45, 2.75) is 6.92 Å². The maximum Gasteiger partial charge on any atom is 0.256 e. The fourth-order valence-electron chi connectivity index (χ4n) is 1.61. The number of carbonyl (C=O) groups excluding carboxylic acids is 1. The lowest BCUT2D eigenvalue weighted by atomic mass is 10.1. The fourth-order valence-corrected chi connectivity index (χ4v) is 2.34. The molecule has 0 bridgehead atoms. The molecule has 0 radical (unpaired) electrons. The van der Waals surface area contributed by atoms with Crippen LogP contribution in [0, 0.1) is 16.3 Å². The van der Waals surface area contributed by atoms with Crippen molar-refractivity contribution < 1.29 is 14.3 Å². The molecule has 0 fully saturated rings. The summed E-state index contributed by atoms with van der Waals surface area (Å²) in [5.74, 6) is -0.777. The number of phenolic OH excluding ortho intramolecular Hbond substituents is 1. The number of nitrogens with one attached hydrogen (secondary N) is 1. The molecule has 2 aromatic carbocycles. The third kappa shape index (κ3) is 3.23. The van der Waals surface area contributed by atoms with E-state index in [1.165, 1.54) is 24.3 Å². The number of carbonyl (C=O) groups is 1. The van der Waals surface area contributed by atoms with E-state index in [1.807, 2.05) is 29.5 Å². The molecule has 0 aliphatic carbocycles. The van der Waals surface area contributed by atoms with Crippen molar-refractivity contribution >= 4 is 34.2 Å². The van der Waals surface area contributed by atoms with E-state index in [-0.39, 0.29) is 17.5 Å². The fraction of sp³-hybridized carbons (Fsp3) is 0.0714. The predicted molar refractivity (Wildman–Crippen MR) is 79.9 cm³/mol. The quantitative estimate of drug-likeness (QED) is 0.625. The zero-order valence-electron chi connectivity index (χ0n) is 10.1. The normalized spacial score (nSPS) is 10.3. The van der Waals surface area contributed by atoms with Crippen LogP contribution in [0.1, 0.15) is 15.9 Å². The van der Waals surface area contributed by atoms with Gasteiger partial charge in [-0.05, 0) is 65.4 Å². The first-order valence-electron chi connectivity index (χ1n) is 5.53. The summed E-state index contributed by atoms with van der Waals surface area (Å²) in [4.78, 5) is 12.1. The summed E-state index contributed by atoms with van der Waals surface area (Å²) in [7, 11) is 0. The highest BCUT2D eigenvalue weighted by atomic mass is 127. The summed E-state index contributed by atoms with van der Waals surface area (Å²) in [6, 6.07) is 8.86. The molecule has 0 atom stereocenters. The molecule has 0 unspecified atom stereocenters. The summed E-state index contributed by atoms with van der Waals surface area (Å²) in [5, 5.41) is 12.3. The summed E-state index contributed by atoms with van der Waals surface area (Å²) < 4.78 is 13.5. The summed E-state index contributed by atoms with van der Waals surface area (Å²) >= 11 is 1.90. The third-order valence-corrected chi connectivity index (χ3v) is 3.47. The zero-order chi connectivity index (χ0) is 14.0. The van der Waals surface area contributed by atoms with Crippen molar-refractivity contribution in [3.63, 3.8) is 0 Å². The van der Waals surface area contributed by atoms with Crippen molar-refractivity contribution in [1.82, 2.24) is 0 Å². The first-order chi connectivity index (χ1) is 8.97. The van der Waals surface area contributed by atoms with Crippen LogP contribution in [0.25, 0.3) is 0 Å².